The molecule has 2 saturated carbocycles. The van der Waals surface area contributed by atoms with E-state index < -0.39 is 0 Å². The molecule has 1 aromatic carbocycles. The maximum atomic E-state index is 13.0. The third-order valence-electron chi connectivity index (χ3n) is 4.66. The van der Waals surface area contributed by atoms with Crippen LogP contribution in [0.5, 0.6) is 5.75 Å². The van der Waals surface area contributed by atoms with E-state index in [0.29, 0.717) is 6.04 Å². The average Bonchev–Trinajstić information content (AvgIpc) is 2.90. The molecule has 3 heteroatoms. The Kier molecular flexibility index (Phi) is 3.02. The van der Waals surface area contributed by atoms with Crippen LogP contribution >= 0.6 is 0 Å². The van der Waals surface area contributed by atoms with Gasteiger partial charge in [0.2, 0.25) is 0 Å². The van der Waals surface area contributed by atoms with Gasteiger partial charge in [-0.1, -0.05) is 12.5 Å². The molecule has 0 heterocycles. The Morgan fingerprint density at radius 1 is 1.33 bits per heavy atom. The molecule has 2 N–H and O–H groups in total. The van der Waals surface area contributed by atoms with E-state index in [1.807, 2.05) is 6.92 Å². The maximum absolute atomic E-state index is 13.0. The van der Waals surface area contributed by atoms with Gasteiger partial charge >= 0.3 is 0 Å². The molecule has 0 saturated heterocycles. The molecule has 2 aliphatic carbocycles. The van der Waals surface area contributed by atoms with E-state index in [1.165, 1.54) is 37.8 Å². The zero-order chi connectivity index (χ0) is 12.7. The second-order valence-corrected chi connectivity index (χ2v) is 5.87. The van der Waals surface area contributed by atoms with Gasteiger partial charge in [0.15, 0.2) is 0 Å². The smallest absolute Gasteiger partial charge is 0.126 e. The number of rotatable bonds is 3. The van der Waals surface area contributed by atoms with Crippen LogP contribution in [0.25, 0.3) is 0 Å². The van der Waals surface area contributed by atoms with Crippen LogP contribution in [-0.2, 0) is 0 Å². The highest BCUT2D eigenvalue weighted by Gasteiger charge is 2.39. The first-order chi connectivity index (χ1) is 8.63. The number of phenols is 1. The number of nitrogens with one attached hydrogen (secondary N) is 1. The Morgan fingerprint density at radius 3 is 2.78 bits per heavy atom. The fourth-order valence-electron chi connectivity index (χ4n) is 3.74. The van der Waals surface area contributed by atoms with Crippen molar-refractivity contribution in [2.45, 2.75) is 44.7 Å². The van der Waals surface area contributed by atoms with E-state index in [2.05, 4.69) is 5.32 Å². The predicted molar refractivity (Wildman–Crippen MR) is 68.9 cm³/mol. The zero-order valence-electron chi connectivity index (χ0n) is 10.7. The summed E-state index contributed by atoms with van der Waals surface area (Å²) in [6, 6.07) is 4.93. The first kappa shape index (κ1) is 12.0. The van der Waals surface area contributed by atoms with E-state index in [9.17, 15) is 9.50 Å². The molecule has 2 fully saturated rings. The maximum Gasteiger partial charge on any atom is 0.126 e. The first-order valence-corrected chi connectivity index (χ1v) is 6.88. The monoisotopic (exact) mass is 249 g/mol. The molecule has 0 spiro atoms. The van der Waals surface area contributed by atoms with E-state index in [-0.39, 0.29) is 17.6 Å². The number of hydrogen-bond acceptors (Lipinski definition) is 2. The lowest BCUT2D eigenvalue weighted by Crippen LogP contribution is -2.35. The molecule has 98 valence electrons. The molecule has 4 unspecified atom stereocenters. The molecule has 4 atom stereocenters. The Morgan fingerprint density at radius 2 is 2.17 bits per heavy atom. The fourth-order valence-corrected chi connectivity index (χ4v) is 3.74. The number of aromatic hydroxyl groups is 1. The fraction of sp³-hybridized carbons (Fsp3) is 0.600. The summed E-state index contributed by atoms with van der Waals surface area (Å²) in [5.41, 5.74) is 0.791. The van der Waals surface area contributed by atoms with Crippen LogP contribution < -0.4 is 5.32 Å². The van der Waals surface area contributed by atoms with Crippen LogP contribution in [0.3, 0.4) is 0 Å². The summed E-state index contributed by atoms with van der Waals surface area (Å²) in [5.74, 6) is 1.38. The molecule has 18 heavy (non-hydrogen) atoms. The van der Waals surface area contributed by atoms with Crippen molar-refractivity contribution in [1.82, 2.24) is 5.32 Å². The Balaban J connectivity index is 1.69. The van der Waals surface area contributed by atoms with Gasteiger partial charge in [0.25, 0.3) is 0 Å². The van der Waals surface area contributed by atoms with Gasteiger partial charge in [0, 0.05) is 23.7 Å². The molecule has 2 aliphatic rings. The summed E-state index contributed by atoms with van der Waals surface area (Å²) in [7, 11) is 0. The number of fused-ring (bicyclic) bond motifs is 2. The van der Waals surface area contributed by atoms with Gasteiger partial charge in [-0.25, -0.2) is 4.39 Å². The van der Waals surface area contributed by atoms with Gasteiger partial charge in [-0.2, -0.15) is 0 Å². The van der Waals surface area contributed by atoms with E-state index in [1.54, 1.807) is 6.07 Å². The van der Waals surface area contributed by atoms with Gasteiger partial charge < -0.3 is 10.4 Å². The minimum absolute atomic E-state index is 0.0538. The normalized spacial score (nSPS) is 31.8. The second kappa shape index (κ2) is 4.54. The summed E-state index contributed by atoms with van der Waals surface area (Å²) >= 11 is 0. The molecular formula is C15H20FNO. The van der Waals surface area contributed by atoms with Crippen LogP contribution in [0.1, 0.15) is 44.2 Å². The highest BCUT2D eigenvalue weighted by atomic mass is 19.1. The number of benzene rings is 1. The van der Waals surface area contributed by atoms with Crippen LogP contribution in [0, 0.1) is 17.7 Å². The highest BCUT2D eigenvalue weighted by Crippen LogP contribution is 2.45. The summed E-state index contributed by atoms with van der Waals surface area (Å²) in [6.07, 6.45) is 5.35. The summed E-state index contributed by atoms with van der Waals surface area (Å²) < 4.78 is 13.0. The van der Waals surface area contributed by atoms with Gasteiger partial charge in [-0.15, -0.1) is 0 Å². The molecular weight excluding hydrogens is 229 g/mol. The largest absolute Gasteiger partial charge is 0.508 e. The zero-order valence-corrected chi connectivity index (χ0v) is 10.7. The van der Waals surface area contributed by atoms with E-state index in [0.717, 1.165) is 17.4 Å². The lowest BCUT2D eigenvalue weighted by atomic mass is 9.94. The van der Waals surface area contributed by atoms with Crippen LogP contribution in [-0.4, -0.2) is 11.1 Å². The van der Waals surface area contributed by atoms with E-state index in [4.69, 9.17) is 0 Å². The molecule has 1 aromatic rings. The van der Waals surface area contributed by atoms with Crippen molar-refractivity contribution in [2.75, 3.05) is 0 Å². The molecule has 0 radical (unpaired) electrons. The molecule has 0 aromatic heterocycles. The molecule has 0 aliphatic heterocycles. The van der Waals surface area contributed by atoms with Crippen molar-refractivity contribution >= 4 is 0 Å². The quantitative estimate of drug-likeness (QED) is 0.860. The number of hydrogen-bond donors (Lipinski definition) is 2. The minimum Gasteiger partial charge on any atom is -0.508 e. The van der Waals surface area contributed by atoms with Crippen molar-refractivity contribution in [3.8, 4) is 5.75 Å². The number of halogens is 1. The predicted octanol–water partition coefficient (Wildman–Crippen LogP) is 3.37. The minimum atomic E-state index is -0.386. The highest BCUT2D eigenvalue weighted by molar-refractivity contribution is 5.35. The van der Waals surface area contributed by atoms with Crippen LogP contribution in [0.4, 0.5) is 4.39 Å². The molecule has 3 rings (SSSR count). The van der Waals surface area contributed by atoms with Gasteiger partial charge in [-0.3, -0.25) is 0 Å². The standard InChI is InChI=1S/C15H20FNO/c1-9(13-5-4-12(16)8-15(13)18)17-14-7-10-2-3-11(14)6-10/h4-5,8-11,14,17-18H,2-3,6-7H2,1H3. The average molecular weight is 249 g/mol. The summed E-state index contributed by atoms with van der Waals surface area (Å²) in [5, 5.41) is 13.4. The van der Waals surface area contributed by atoms with Crippen LogP contribution in [0.2, 0.25) is 0 Å². The van der Waals surface area contributed by atoms with Crippen LogP contribution in [0.15, 0.2) is 18.2 Å². The van der Waals surface area contributed by atoms with Crippen molar-refractivity contribution in [3.63, 3.8) is 0 Å². The molecule has 2 bridgehead atoms. The second-order valence-electron chi connectivity index (χ2n) is 5.87. The SMILES string of the molecule is CC(NC1CC2CCC1C2)c1ccc(F)cc1O. The third kappa shape index (κ3) is 2.12. The molecule has 0 amide bonds. The Labute approximate surface area is 107 Å². The topological polar surface area (TPSA) is 32.3 Å². The lowest BCUT2D eigenvalue weighted by molar-refractivity contribution is 0.323. The van der Waals surface area contributed by atoms with Crippen molar-refractivity contribution in [1.29, 1.82) is 0 Å². The van der Waals surface area contributed by atoms with Crippen molar-refractivity contribution in [2.24, 2.45) is 11.8 Å². The van der Waals surface area contributed by atoms with Gasteiger partial charge in [-0.05, 0) is 44.1 Å². The summed E-state index contributed by atoms with van der Waals surface area (Å²) in [4.78, 5) is 0. The van der Waals surface area contributed by atoms with Crippen molar-refractivity contribution in [3.05, 3.63) is 29.6 Å². The molecule has 2 nitrogen and oxygen atoms in total. The number of phenolic OH excluding ortho intramolecular Hbond substituents is 1. The Bertz CT molecular complexity index is 448. The Hall–Kier alpha value is -1.09. The first-order valence-electron chi connectivity index (χ1n) is 6.88. The van der Waals surface area contributed by atoms with Crippen molar-refractivity contribution < 1.29 is 9.50 Å². The third-order valence-corrected chi connectivity index (χ3v) is 4.66. The lowest BCUT2D eigenvalue weighted by Gasteiger charge is -2.27. The summed E-state index contributed by atoms with van der Waals surface area (Å²) in [6.45, 7) is 2.04. The van der Waals surface area contributed by atoms with E-state index >= 15 is 0 Å². The van der Waals surface area contributed by atoms with Gasteiger partial charge in [0.05, 0.1) is 0 Å². The van der Waals surface area contributed by atoms with Gasteiger partial charge in [0.1, 0.15) is 11.6 Å².